The highest BCUT2D eigenvalue weighted by atomic mass is 16.5. The van der Waals surface area contributed by atoms with Crippen LogP contribution in [-0.2, 0) is 27.4 Å². The third kappa shape index (κ3) is 10.6. The lowest BCUT2D eigenvalue weighted by Gasteiger charge is -2.12. The molecule has 0 unspecified atom stereocenters. The number of hydrogen-bond acceptors (Lipinski definition) is 5. The van der Waals surface area contributed by atoms with Crippen molar-refractivity contribution in [2.24, 2.45) is 0 Å². The van der Waals surface area contributed by atoms with Crippen LogP contribution in [0.1, 0.15) is 56.1 Å². The molecular weight excluding hydrogens is 496 g/mol. The van der Waals surface area contributed by atoms with Crippen molar-refractivity contribution < 1.29 is 29.4 Å². The topological polar surface area (TPSA) is 116 Å². The largest absolute Gasteiger partial charge is 0.478 e. The molecule has 39 heavy (non-hydrogen) atoms. The smallest absolute Gasteiger partial charge is 0.411 e. The number of fused-ring (bicyclic) bond motifs is 1. The van der Waals surface area contributed by atoms with Crippen molar-refractivity contribution in [2.75, 3.05) is 11.9 Å². The summed E-state index contributed by atoms with van der Waals surface area (Å²) >= 11 is 0. The first-order valence-electron chi connectivity index (χ1n) is 13.3. The van der Waals surface area contributed by atoms with Gasteiger partial charge in [0.25, 0.3) is 5.91 Å². The van der Waals surface area contributed by atoms with Gasteiger partial charge in [-0.2, -0.15) is 0 Å². The second kappa shape index (κ2) is 15.9. The zero-order chi connectivity index (χ0) is 27.9. The Morgan fingerprint density at radius 1 is 0.769 bits per heavy atom. The second-order valence-corrected chi connectivity index (χ2v) is 9.40. The molecule has 3 N–H and O–H groups in total. The van der Waals surface area contributed by atoms with Gasteiger partial charge in [-0.3, -0.25) is 15.3 Å². The first-order valence-corrected chi connectivity index (χ1v) is 13.3. The molecule has 0 saturated heterocycles. The van der Waals surface area contributed by atoms with E-state index >= 15 is 0 Å². The maximum Gasteiger partial charge on any atom is 0.411 e. The summed E-state index contributed by atoms with van der Waals surface area (Å²) in [5.41, 5.74) is 2.92. The van der Waals surface area contributed by atoms with Crippen LogP contribution in [0, 0.1) is 0 Å². The molecule has 0 atom stereocenters. The summed E-state index contributed by atoms with van der Waals surface area (Å²) in [6.07, 6.45) is 9.11. The molecule has 3 aromatic carbocycles. The summed E-state index contributed by atoms with van der Waals surface area (Å²) < 4.78 is 5.41. The number of rotatable bonds is 15. The van der Waals surface area contributed by atoms with Crippen molar-refractivity contribution in [1.82, 2.24) is 5.06 Å². The molecule has 0 heterocycles. The van der Waals surface area contributed by atoms with E-state index in [0.29, 0.717) is 17.6 Å². The minimum Gasteiger partial charge on any atom is -0.478 e. The number of carboxylic acids is 1. The van der Waals surface area contributed by atoms with E-state index in [1.807, 2.05) is 54.6 Å². The minimum atomic E-state index is -1.22. The molecule has 0 aliphatic heterocycles. The van der Waals surface area contributed by atoms with Crippen LogP contribution in [0.3, 0.4) is 0 Å². The maximum atomic E-state index is 12.3. The molecule has 2 amide bonds. The van der Waals surface area contributed by atoms with E-state index in [-0.39, 0.29) is 13.2 Å². The van der Waals surface area contributed by atoms with Crippen LogP contribution in [-0.4, -0.2) is 39.9 Å². The van der Waals surface area contributed by atoms with Gasteiger partial charge in [0.05, 0.1) is 5.69 Å². The van der Waals surface area contributed by atoms with Crippen molar-refractivity contribution in [3.63, 3.8) is 0 Å². The molecule has 0 bridgehead atoms. The Bertz CT molecular complexity index is 1250. The van der Waals surface area contributed by atoms with Gasteiger partial charge < -0.3 is 9.84 Å². The number of hydrogen-bond donors (Lipinski definition) is 3. The number of anilines is 1. The van der Waals surface area contributed by atoms with Crippen LogP contribution in [0.2, 0.25) is 0 Å². The predicted molar refractivity (Wildman–Crippen MR) is 150 cm³/mol. The molecule has 3 aromatic rings. The average Bonchev–Trinajstić information content (AvgIpc) is 2.94. The van der Waals surface area contributed by atoms with E-state index in [2.05, 4.69) is 17.4 Å². The summed E-state index contributed by atoms with van der Waals surface area (Å²) in [5.74, 6) is -1.95. The molecule has 0 aliphatic carbocycles. The molecule has 3 rings (SSSR count). The molecule has 0 spiro atoms. The fraction of sp³-hybridized carbons (Fsp3) is 0.323. The Hall–Kier alpha value is -4.17. The zero-order valence-corrected chi connectivity index (χ0v) is 22.1. The number of nitrogens with one attached hydrogen (secondary N) is 1. The summed E-state index contributed by atoms with van der Waals surface area (Å²) in [4.78, 5) is 34.2. The van der Waals surface area contributed by atoms with Gasteiger partial charge in [0.1, 0.15) is 6.61 Å². The number of carbonyl (C=O) groups is 3. The van der Waals surface area contributed by atoms with Gasteiger partial charge in [-0.05, 0) is 41.8 Å². The lowest BCUT2D eigenvalue weighted by atomic mass is 10.0. The third-order valence-electron chi connectivity index (χ3n) is 6.38. The van der Waals surface area contributed by atoms with Gasteiger partial charge in [0, 0.05) is 24.1 Å². The van der Waals surface area contributed by atoms with Gasteiger partial charge in [0.2, 0.25) is 0 Å². The van der Waals surface area contributed by atoms with Crippen LogP contribution in [0.25, 0.3) is 10.8 Å². The lowest BCUT2D eigenvalue weighted by molar-refractivity contribution is -0.159. The lowest BCUT2D eigenvalue weighted by Crippen LogP contribution is -2.26. The van der Waals surface area contributed by atoms with Crippen molar-refractivity contribution in [2.45, 2.75) is 58.0 Å². The second-order valence-electron chi connectivity index (χ2n) is 9.40. The van der Waals surface area contributed by atoms with Crippen molar-refractivity contribution in [3.8, 4) is 0 Å². The monoisotopic (exact) mass is 532 g/mol. The van der Waals surface area contributed by atoms with Crippen LogP contribution < -0.4 is 5.32 Å². The fourth-order valence-electron chi connectivity index (χ4n) is 4.24. The molecule has 8 nitrogen and oxygen atoms in total. The summed E-state index contributed by atoms with van der Waals surface area (Å²) in [7, 11) is 0. The average molecular weight is 533 g/mol. The number of unbranched alkanes of at least 4 members (excludes halogenated alkanes) is 6. The van der Waals surface area contributed by atoms with Gasteiger partial charge in [-0.25, -0.2) is 14.7 Å². The van der Waals surface area contributed by atoms with Gasteiger partial charge in [-0.15, -0.1) is 0 Å². The number of amides is 2. The van der Waals surface area contributed by atoms with Gasteiger partial charge >= 0.3 is 12.1 Å². The minimum absolute atomic E-state index is 0.193. The summed E-state index contributed by atoms with van der Waals surface area (Å²) in [5, 5.41) is 23.5. The molecule has 0 aromatic heterocycles. The first-order chi connectivity index (χ1) is 18.9. The van der Waals surface area contributed by atoms with E-state index < -0.39 is 18.0 Å². The van der Waals surface area contributed by atoms with E-state index in [1.54, 1.807) is 0 Å². The summed E-state index contributed by atoms with van der Waals surface area (Å²) in [6.45, 7) is 0.400. The molecule has 8 heteroatoms. The highest BCUT2D eigenvalue weighted by Crippen LogP contribution is 2.23. The maximum absolute atomic E-state index is 12.3. The highest BCUT2D eigenvalue weighted by molar-refractivity contribution is 6.00. The molecule has 0 radical (unpaired) electrons. The summed E-state index contributed by atoms with van der Waals surface area (Å²) in [6, 6.07) is 21.8. The standard InChI is InChI=1S/C31H36N2O6/c34-29(20-21-30(35)36)33(38)22-9-5-3-1-2-4-6-11-24-16-18-25(19-17-24)23-39-31(37)32-28-15-10-13-26-12-7-8-14-27(26)28/h7-8,10,12-21,38H,1-6,9,11,22-23H2,(H,32,37)(H,35,36)/b21-20+. The number of aliphatic carboxylic acids is 1. The van der Waals surface area contributed by atoms with E-state index in [9.17, 15) is 19.6 Å². The first kappa shape index (κ1) is 29.4. The van der Waals surface area contributed by atoms with E-state index in [0.717, 1.165) is 73.0 Å². The molecule has 0 saturated carbocycles. The van der Waals surface area contributed by atoms with Crippen LogP contribution in [0.15, 0.2) is 78.9 Å². The Kier molecular flexibility index (Phi) is 12.0. The van der Waals surface area contributed by atoms with Crippen molar-refractivity contribution in [1.29, 1.82) is 0 Å². The number of carboxylic acid groups (broad SMARTS) is 1. The molecule has 206 valence electrons. The molecule has 0 fully saturated rings. The number of carbonyl (C=O) groups excluding carboxylic acids is 2. The highest BCUT2D eigenvalue weighted by Gasteiger charge is 2.08. The SMILES string of the molecule is O=C(O)/C=C/C(=O)N(O)CCCCCCCCCc1ccc(COC(=O)Nc2cccc3ccccc23)cc1. The predicted octanol–water partition coefficient (Wildman–Crippen LogP) is 6.72. The van der Waals surface area contributed by atoms with Crippen LogP contribution >= 0.6 is 0 Å². The number of nitrogens with zero attached hydrogens (tertiary/aromatic N) is 1. The number of benzene rings is 3. The van der Waals surface area contributed by atoms with Crippen molar-refractivity contribution in [3.05, 3.63) is 90.0 Å². The number of aryl methyl sites for hydroxylation is 1. The number of ether oxygens (including phenoxy) is 1. The molecular formula is C31H36N2O6. The Labute approximate surface area is 228 Å². The fourth-order valence-corrected chi connectivity index (χ4v) is 4.24. The normalized spacial score (nSPS) is 11.0. The van der Waals surface area contributed by atoms with Crippen LogP contribution in [0.4, 0.5) is 10.5 Å². The Morgan fingerprint density at radius 2 is 1.41 bits per heavy atom. The van der Waals surface area contributed by atoms with Gasteiger partial charge in [0.15, 0.2) is 0 Å². The van der Waals surface area contributed by atoms with Crippen LogP contribution in [0.5, 0.6) is 0 Å². The Morgan fingerprint density at radius 3 is 2.15 bits per heavy atom. The van der Waals surface area contributed by atoms with Crippen molar-refractivity contribution >= 4 is 34.4 Å². The van der Waals surface area contributed by atoms with E-state index in [1.165, 1.54) is 5.56 Å². The van der Waals surface area contributed by atoms with Gasteiger partial charge in [-0.1, -0.05) is 92.8 Å². The molecule has 0 aliphatic rings. The van der Waals surface area contributed by atoms with E-state index in [4.69, 9.17) is 9.84 Å². The number of hydroxylamine groups is 2. The quantitative estimate of drug-likeness (QED) is 0.0866. The Balaban J connectivity index is 1.24. The zero-order valence-electron chi connectivity index (χ0n) is 22.1. The third-order valence-corrected chi connectivity index (χ3v) is 6.38.